The van der Waals surface area contributed by atoms with E-state index in [9.17, 15) is 0 Å². The van der Waals surface area contributed by atoms with Crippen LogP contribution in [0, 0.1) is 20.8 Å². The topological polar surface area (TPSA) is 51.0 Å². The molecule has 0 saturated heterocycles. The van der Waals surface area contributed by atoms with Crippen molar-refractivity contribution < 1.29 is 4.42 Å². The van der Waals surface area contributed by atoms with Crippen LogP contribution in [-0.2, 0) is 6.54 Å². The minimum absolute atomic E-state index is 0.544. The summed E-state index contributed by atoms with van der Waals surface area (Å²) in [5, 5.41) is 3.18. The third-order valence-electron chi connectivity index (χ3n) is 2.51. The SMILES string of the molecule is Cc1nc(NCc2nc(C)c(C)o2)ccc1Br. The van der Waals surface area contributed by atoms with E-state index in [0.29, 0.717) is 12.4 Å². The molecule has 0 aromatic carbocycles. The average molecular weight is 296 g/mol. The second kappa shape index (κ2) is 4.87. The molecule has 0 aliphatic heterocycles. The number of rotatable bonds is 3. The molecule has 0 bridgehead atoms. The van der Waals surface area contributed by atoms with Crippen LogP contribution >= 0.6 is 15.9 Å². The number of pyridine rings is 1. The summed E-state index contributed by atoms with van der Waals surface area (Å²) >= 11 is 3.42. The van der Waals surface area contributed by atoms with Crippen molar-refractivity contribution in [2.75, 3.05) is 5.32 Å². The Kier molecular flexibility index (Phi) is 3.47. The number of oxazole rings is 1. The minimum Gasteiger partial charge on any atom is -0.444 e. The molecular formula is C12H14BrN3O. The molecule has 90 valence electrons. The van der Waals surface area contributed by atoms with Gasteiger partial charge in [0.15, 0.2) is 0 Å². The number of hydrogen-bond donors (Lipinski definition) is 1. The quantitative estimate of drug-likeness (QED) is 0.943. The van der Waals surface area contributed by atoms with E-state index in [1.165, 1.54) is 0 Å². The van der Waals surface area contributed by atoms with Gasteiger partial charge < -0.3 is 9.73 Å². The van der Waals surface area contributed by atoms with Crippen molar-refractivity contribution in [3.8, 4) is 0 Å². The molecule has 1 N–H and O–H groups in total. The fourth-order valence-corrected chi connectivity index (χ4v) is 1.64. The predicted molar refractivity (Wildman–Crippen MR) is 70.0 cm³/mol. The largest absolute Gasteiger partial charge is 0.444 e. The van der Waals surface area contributed by atoms with E-state index >= 15 is 0 Å². The molecule has 0 aliphatic carbocycles. The van der Waals surface area contributed by atoms with Gasteiger partial charge in [0.2, 0.25) is 5.89 Å². The number of anilines is 1. The van der Waals surface area contributed by atoms with E-state index in [1.807, 2.05) is 32.9 Å². The van der Waals surface area contributed by atoms with Crippen molar-refractivity contribution in [2.24, 2.45) is 0 Å². The number of halogens is 1. The van der Waals surface area contributed by atoms with Crippen LogP contribution in [0.25, 0.3) is 0 Å². The molecule has 2 aromatic heterocycles. The van der Waals surface area contributed by atoms with Crippen LogP contribution in [0.5, 0.6) is 0 Å². The zero-order valence-electron chi connectivity index (χ0n) is 10.0. The van der Waals surface area contributed by atoms with Gasteiger partial charge in [-0.15, -0.1) is 0 Å². The molecule has 0 spiro atoms. The number of hydrogen-bond acceptors (Lipinski definition) is 4. The first kappa shape index (κ1) is 12.1. The maximum absolute atomic E-state index is 5.48. The van der Waals surface area contributed by atoms with E-state index in [4.69, 9.17) is 4.42 Å². The maximum Gasteiger partial charge on any atom is 0.213 e. The molecule has 2 rings (SSSR count). The zero-order chi connectivity index (χ0) is 12.4. The Hall–Kier alpha value is -1.36. The van der Waals surface area contributed by atoms with Crippen LogP contribution in [0.1, 0.15) is 23.0 Å². The van der Waals surface area contributed by atoms with Gasteiger partial charge in [-0.1, -0.05) is 0 Å². The minimum atomic E-state index is 0.544. The van der Waals surface area contributed by atoms with E-state index in [0.717, 1.165) is 27.4 Å². The Balaban J connectivity index is 2.04. The molecular weight excluding hydrogens is 282 g/mol. The number of aromatic nitrogens is 2. The van der Waals surface area contributed by atoms with E-state index in [1.54, 1.807) is 0 Å². The standard InChI is InChI=1S/C12H14BrN3O/c1-7-9(3)17-12(16-7)6-14-11-5-4-10(13)8(2)15-11/h4-5H,6H2,1-3H3,(H,14,15). The molecule has 5 heteroatoms. The number of aryl methyl sites for hydroxylation is 3. The smallest absolute Gasteiger partial charge is 0.213 e. The number of nitrogens with zero attached hydrogens (tertiary/aromatic N) is 2. The molecule has 2 aromatic rings. The molecule has 0 atom stereocenters. The van der Waals surface area contributed by atoms with Gasteiger partial charge in [-0.2, -0.15) is 0 Å². The van der Waals surface area contributed by atoms with Crippen LogP contribution in [0.2, 0.25) is 0 Å². The summed E-state index contributed by atoms with van der Waals surface area (Å²) in [6.45, 7) is 6.34. The lowest BCUT2D eigenvalue weighted by molar-refractivity contribution is 0.478. The third kappa shape index (κ3) is 2.85. The van der Waals surface area contributed by atoms with Crippen molar-refractivity contribution in [3.63, 3.8) is 0 Å². The van der Waals surface area contributed by atoms with E-state index in [2.05, 4.69) is 31.2 Å². The first-order chi connectivity index (χ1) is 8.06. The van der Waals surface area contributed by atoms with Gasteiger partial charge in [-0.3, -0.25) is 0 Å². The molecule has 0 aliphatic rings. The summed E-state index contributed by atoms with van der Waals surface area (Å²) in [5.41, 5.74) is 1.89. The summed E-state index contributed by atoms with van der Waals surface area (Å²) in [6.07, 6.45) is 0. The Bertz CT molecular complexity index is 517. The second-order valence-electron chi connectivity index (χ2n) is 3.87. The fourth-order valence-electron chi connectivity index (χ4n) is 1.42. The van der Waals surface area contributed by atoms with Crippen LogP contribution in [0.3, 0.4) is 0 Å². The second-order valence-corrected chi connectivity index (χ2v) is 4.72. The van der Waals surface area contributed by atoms with Crippen molar-refractivity contribution >= 4 is 21.7 Å². The van der Waals surface area contributed by atoms with Crippen molar-refractivity contribution in [2.45, 2.75) is 27.3 Å². The lowest BCUT2D eigenvalue weighted by atomic mass is 10.4. The van der Waals surface area contributed by atoms with Crippen molar-refractivity contribution in [1.82, 2.24) is 9.97 Å². The normalized spacial score (nSPS) is 10.6. The zero-order valence-corrected chi connectivity index (χ0v) is 11.6. The van der Waals surface area contributed by atoms with Crippen molar-refractivity contribution in [1.29, 1.82) is 0 Å². The highest BCUT2D eigenvalue weighted by molar-refractivity contribution is 9.10. The van der Waals surface area contributed by atoms with Gasteiger partial charge in [0, 0.05) is 4.47 Å². The van der Waals surface area contributed by atoms with Gasteiger partial charge in [-0.25, -0.2) is 9.97 Å². The molecule has 0 radical (unpaired) electrons. The highest BCUT2D eigenvalue weighted by Crippen LogP contribution is 2.17. The van der Waals surface area contributed by atoms with Crippen LogP contribution in [0.15, 0.2) is 21.0 Å². The Morgan fingerprint density at radius 3 is 2.53 bits per heavy atom. The molecule has 0 saturated carbocycles. The molecule has 2 heterocycles. The summed E-state index contributed by atoms with van der Waals surface area (Å²) in [4.78, 5) is 8.69. The summed E-state index contributed by atoms with van der Waals surface area (Å²) in [7, 11) is 0. The van der Waals surface area contributed by atoms with Crippen molar-refractivity contribution in [3.05, 3.63) is 39.6 Å². The first-order valence-electron chi connectivity index (χ1n) is 5.36. The van der Waals surface area contributed by atoms with Gasteiger partial charge in [0.25, 0.3) is 0 Å². The molecule has 0 fully saturated rings. The molecule has 0 unspecified atom stereocenters. The van der Waals surface area contributed by atoms with Crippen LogP contribution in [-0.4, -0.2) is 9.97 Å². The molecule has 4 nitrogen and oxygen atoms in total. The molecule has 0 amide bonds. The van der Waals surface area contributed by atoms with Crippen LogP contribution in [0.4, 0.5) is 5.82 Å². The van der Waals surface area contributed by atoms with Gasteiger partial charge in [0.05, 0.1) is 17.9 Å². The maximum atomic E-state index is 5.48. The predicted octanol–water partition coefficient (Wildman–Crippen LogP) is 3.37. The highest BCUT2D eigenvalue weighted by Gasteiger charge is 2.05. The fraction of sp³-hybridized carbons (Fsp3) is 0.333. The summed E-state index contributed by atoms with van der Waals surface area (Å²) < 4.78 is 6.48. The van der Waals surface area contributed by atoms with Gasteiger partial charge in [-0.05, 0) is 48.8 Å². The lowest BCUT2D eigenvalue weighted by Gasteiger charge is -2.04. The molecule has 17 heavy (non-hydrogen) atoms. The lowest BCUT2D eigenvalue weighted by Crippen LogP contribution is -2.02. The average Bonchev–Trinajstić information content (AvgIpc) is 2.60. The van der Waals surface area contributed by atoms with Gasteiger partial charge >= 0.3 is 0 Å². The summed E-state index contributed by atoms with van der Waals surface area (Å²) in [5.74, 6) is 2.36. The van der Waals surface area contributed by atoms with Crippen LogP contribution < -0.4 is 5.32 Å². The van der Waals surface area contributed by atoms with Gasteiger partial charge in [0.1, 0.15) is 11.6 Å². The first-order valence-corrected chi connectivity index (χ1v) is 6.15. The Morgan fingerprint density at radius 2 is 1.94 bits per heavy atom. The third-order valence-corrected chi connectivity index (χ3v) is 3.35. The summed E-state index contributed by atoms with van der Waals surface area (Å²) in [6, 6.07) is 3.89. The Labute approximate surface area is 109 Å². The van der Waals surface area contributed by atoms with E-state index in [-0.39, 0.29) is 0 Å². The number of nitrogens with one attached hydrogen (secondary N) is 1. The van der Waals surface area contributed by atoms with E-state index < -0.39 is 0 Å². The monoisotopic (exact) mass is 295 g/mol. The Morgan fingerprint density at radius 1 is 1.18 bits per heavy atom. The highest BCUT2D eigenvalue weighted by atomic mass is 79.9.